The lowest BCUT2D eigenvalue weighted by atomic mass is 10.3. The van der Waals surface area contributed by atoms with Gasteiger partial charge in [0.2, 0.25) is 0 Å². The van der Waals surface area contributed by atoms with E-state index in [0.717, 1.165) is 30.8 Å². The van der Waals surface area contributed by atoms with Gasteiger partial charge < -0.3 is 0 Å². The molecule has 0 aromatic heterocycles. The van der Waals surface area contributed by atoms with Crippen LogP contribution in [0.25, 0.3) is 0 Å². The lowest BCUT2D eigenvalue weighted by Crippen LogP contribution is -2.03. The molecule has 0 amide bonds. The van der Waals surface area contributed by atoms with Crippen LogP contribution in [0.2, 0.25) is 0 Å². The van der Waals surface area contributed by atoms with Gasteiger partial charge in [-0.2, -0.15) is 0 Å². The van der Waals surface area contributed by atoms with Crippen molar-refractivity contribution in [3.05, 3.63) is 0 Å². The summed E-state index contributed by atoms with van der Waals surface area (Å²) < 4.78 is 10.9. The molecule has 1 aliphatic rings. The molecule has 1 atom stereocenters. The van der Waals surface area contributed by atoms with E-state index in [4.69, 9.17) is 0 Å². The number of rotatable bonds is 0. The van der Waals surface area contributed by atoms with Gasteiger partial charge in [-0.05, 0) is 6.42 Å². The second-order valence-electron chi connectivity index (χ2n) is 2.06. The zero-order valence-corrected chi connectivity index (χ0v) is 6.17. The molecular formula is C7H10OS. The molecule has 0 N–H and O–H groups in total. The van der Waals surface area contributed by atoms with Gasteiger partial charge in [0.05, 0.1) is 0 Å². The minimum Gasteiger partial charge on any atom is -0.260 e. The van der Waals surface area contributed by atoms with Crippen molar-refractivity contribution in [1.82, 2.24) is 0 Å². The van der Waals surface area contributed by atoms with Gasteiger partial charge in [-0.3, -0.25) is 4.21 Å². The normalized spacial score (nSPS) is 27.3. The van der Waals surface area contributed by atoms with Crippen molar-refractivity contribution in [2.45, 2.75) is 19.3 Å². The lowest BCUT2D eigenvalue weighted by Gasteiger charge is -1.98. The van der Waals surface area contributed by atoms with E-state index in [1.165, 1.54) is 0 Å². The van der Waals surface area contributed by atoms with E-state index in [9.17, 15) is 4.21 Å². The Kier molecular flexibility index (Phi) is 2.79. The van der Waals surface area contributed by atoms with Crippen LogP contribution in [0.4, 0.5) is 0 Å². The van der Waals surface area contributed by atoms with Crippen molar-refractivity contribution in [2.24, 2.45) is 0 Å². The highest BCUT2D eigenvalue weighted by atomic mass is 32.2. The predicted octanol–water partition coefficient (Wildman–Crippen LogP) is 0.922. The van der Waals surface area contributed by atoms with Crippen molar-refractivity contribution in [3.63, 3.8) is 0 Å². The average Bonchev–Trinajstić information content (AvgIpc) is 1.79. The molecule has 0 saturated heterocycles. The molecule has 0 spiro atoms. The topological polar surface area (TPSA) is 17.1 Å². The summed E-state index contributed by atoms with van der Waals surface area (Å²) in [6.45, 7) is 0. The molecule has 2 heteroatoms. The standard InChI is InChI=1S/C7H10OS/c8-9-6-4-2-1-3-5-7-9/h2,4-7H2/t9-/m1/s1. The van der Waals surface area contributed by atoms with Crippen LogP contribution in [-0.2, 0) is 10.8 Å². The second-order valence-corrected chi connectivity index (χ2v) is 3.75. The van der Waals surface area contributed by atoms with Crippen LogP contribution in [0.1, 0.15) is 19.3 Å². The van der Waals surface area contributed by atoms with Crippen molar-refractivity contribution in [2.75, 3.05) is 11.5 Å². The highest BCUT2D eigenvalue weighted by Crippen LogP contribution is 1.97. The molecule has 50 valence electrons. The molecular weight excluding hydrogens is 132 g/mol. The fourth-order valence-corrected chi connectivity index (χ4v) is 1.77. The van der Waals surface area contributed by atoms with Gasteiger partial charge in [-0.15, -0.1) is 11.8 Å². The summed E-state index contributed by atoms with van der Waals surface area (Å²) in [5, 5.41) is 0. The maximum Gasteiger partial charge on any atom is 0.0344 e. The number of hydrogen-bond acceptors (Lipinski definition) is 1. The van der Waals surface area contributed by atoms with E-state index in [1.54, 1.807) is 0 Å². The van der Waals surface area contributed by atoms with E-state index in [1.807, 2.05) is 0 Å². The van der Waals surface area contributed by atoms with Crippen molar-refractivity contribution < 1.29 is 4.21 Å². The van der Waals surface area contributed by atoms with Gasteiger partial charge in [0.25, 0.3) is 0 Å². The van der Waals surface area contributed by atoms with Crippen LogP contribution in [0, 0.1) is 11.8 Å². The molecule has 1 aliphatic heterocycles. The van der Waals surface area contributed by atoms with Gasteiger partial charge in [-0.1, -0.05) is 0 Å². The Balaban J connectivity index is 2.41. The third-order valence-corrected chi connectivity index (χ3v) is 2.66. The van der Waals surface area contributed by atoms with E-state index in [-0.39, 0.29) is 0 Å². The van der Waals surface area contributed by atoms with Crippen LogP contribution in [0.15, 0.2) is 0 Å². The molecule has 0 saturated carbocycles. The van der Waals surface area contributed by atoms with E-state index >= 15 is 0 Å². The molecule has 0 bridgehead atoms. The van der Waals surface area contributed by atoms with E-state index in [2.05, 4.69) is 11.8 Å². The quantitative estimate of drug-likeness (QED) is 0.460. The van der Waals surface area contributed by atoms with Gasteiger partial charge in [0.1, 0.15) is 0 Å². The van der Waals surface area contributed by atoms with Crippen molar-refractivity contribution >= 4 is 10.8 Å². The number of hydrogen-bond donors (Lipinski definition) is 0. The fourth-order valence-electron chi connectivity index (χ4n) is 0.765. The summed E-state index contributed by atoms with van der Waals surface area (Å²) in [6, 6.07) is 0. The van der Waals surface area contributed by atoms with Crippen LogP contribution < -0.4 is 0 Å². The summed E-state index contributed by atoms with van der Waals surface area (Å²) in [5.41, 5.74) is 0. The van der Waals surface area contributed by atoms with Crippen LogP contribution in [0.5, 0.6) is 0 Å². The van der Waals surface area contributed by atoms with Gasteiger partial charge in [-0.25, -0.2) is 0 Å². The maximum atomic E-state index is 10.9. The van der Waals surface area contributed by atoms with Crippen LogP contribution >= 0.6 is 0 Å². The summed E-state index contributed by atoms with van der Waals surface area (Å²) in [4.78, 5) is 0. The molecule has 0 aromatic carbocycles. The Hall–Kier alpha value is -0.290. The summed E-state index contributed by atoms with van der Waals surface area (Å²) in [7, 11) is -0.571. The molecule has 0 fully saturated rings. The Labute approximate surface area is 58.3 Å². The monoisotopic (exact) mass is 142 g/mol. The molecule has 0 aliphatic carbocycles. The zero-order valence-electron chi connectivity index (χ0n) is 5.35. The lowest BCUT2D eigenvalue weighted by molar-refractivity contribution is 0.680. The van der Waals surface area contributed by atoms with Gasteiger partial charge in [0.15, 0.2) is 0 Å². The smallest absolute Gasteiger partial charge is 0.0344 e. The van der Waals surface area contributed by atoms with Gasteiger partial charge in [0, 0.05) is 35.1 Å². The molecule has 1 heterocycles. The minimum absolute atomic E-state index is 0.571. The maximum absolute atomic E-state index is 10.9. The highest BCUT2D eigenvalue weighted by molar-refractivity contribution is 7.84. The van der Waals surface area contributed by atoms with Crippen molar-refractivity contribution in [3.8, 4) is 11.8 Å². The first kappa shape index (κ1) is 6.82. The fraction of sp³-hybridized carbons (Fsp3) is 0.714. The summed E-state index contributed by atoms with van der Waals surface area (Å²) in [5.74, 6) is 7.64. The second kappa shape index (κ2) is 3.68. The molecule has 0 aromatic rings. The minimum atomic E-state index is -0.571. The SMILES string of the molecule is O=[S@]1CCC#CCCC1. The molecule has 1 rings (SSSR count). The molecule has 0 unspecified atom stereocenters. The van der Waals surface area contributed by atoms with Gasteiger partial charge >= 0.3 is 0 Å². The Morgan fingerprint density at radius 3 is 2.78 bits per heavy atom. The first-order chi connectivity index (χ1) is 4.39. The summed E-state index contributed by atoms with van der Waals surface area (Å²) >= 11 is 0. The van der Waals surface area contributed by atoms with E-state index in [0.29, 0.717) is 0 Å². The molecule has 1 nitrogen and oxygen atoms in total. The van der Waals surface area contributed by atoms with E-state index < -0.39 is 10.8 Å². The third-order valence-electron chi connectivity index (χ3n) is 1.25. The van der Waals surface area contributed by atoms with Crippen LogP contribution in [0.3, 0.4) is 0 Å². The van der Waals surface area contributed by atoms with Crippen LogP contribution in [-0.4, -0.2) is 15.7 Å². The zero-order chi connectivity index (χ0) is 6.53. The average molecular weight is 142 g/mol. The third kappa shape index (κ3) is 2.67. The first-order valence-corrected chi connectivity index (χ1v) is 4.69. The Morgan fingerprint density at radius 2 is 1.89 bits per heavy atom. The summed E-state index contributed by atoms with van der Waals surface area (Å²) in [6.07, 6.45) is 2.78. The Bertz CT molecular complexity index is 163. The molecule has 0 radical (unpaired) electrons. The molecule has 9 heavy (non-hydrogen) atoms. The Morgan fingerprint density at radius 1 is 1.11 bits per heavy atom. The highest BCUT2D eigenvalue weighted by Gasteiger charge is 1.98. The van der Waals surface area contributed by atoms with Crippen molar-refractivity contribution in [1.29, 1.82) is 0 Å². The predicted molar refractivity (Wildman–Crippen MR) is 39.5 cm³/mol. The largest absolute Gasteiger partial charge is 0.260 e. The first-order valence-electron chi connectivity index (χ1n) is 3.20.